The second-order valence-corrected chi connectivity index (χ2v) is 8.08. The van der Waals surface area contributed by atoms with Gasteiger partial charge in [0, 0.05) is 24.5 Å². The molecule has 0 aromatic heterocycles. The molecule has 10 nitrogen and oxygen atoms in total. The molecular weight excluding hydrogens is 430 g/mol. The Morgan fingerprint density at radius 2 is 1.45 bits per heavy atom. The highest BCUT2D eigenvalue weighted by atomic mass is 16.5. The lowest BCUT2D eigenvalue weighted by Gasteiger charge is -2.20. The van der Waals surface area contributed by atoms with Gasteiger partial charge in [-0.2, -0.15) is 0 Å². The number of ether oxygens (including phenoxy) is 2. The monoisotopic (exact) mass is 471 g/mol. The molecule has 3 amide bonds. The summed E-state index contributed by atoms with van der Waals surface area (Å²) in [7, 11) is 0. The normalized spacial score (nSPS) is 11.1. The van der Waals surface area contributed by atoms with Crippen molar-refractivity contribution in [2.24, 2.45) is 5.41 Å². The lowest BCUT2D eigenvalue weighted by atomic mass is 9.91. The summed E-state index contributed by atoms with van der Waals surface area (Å²) in [5, 5.41) is 7.74. The van der Waals surface area contributed by atoms with Crippen LogP contribution in [0.5, 0.6) is 0 Å². The van der Waals surface area contributed by atoms with Crippen molar-refractivity contribution in [1.82, 2.24) is 16.0 Å². The Hall–Kier alpha value is -2.91. The Balaban J connectivity index is 0. The van der Waals surface area contributed by atoms with Crippen LogP contribution >= 0.6 is 0 Å². The van der Waals surface area contributed by atoms with Gasteiger partial charge in [0.15, 0.2) is 0 Å². The van der Waals surface area contributed by atoms with Crippen LogP contribution in [-0.4, -0.2) is 62.5 Å². The molecule has 0 saturated carbocycles. The van der Waals surface area contributed by atoms with E-state index in [1.807, 2.05) is 20.8 Å². The second-order valence-electron chi connectivity index (χ2n) is 8.08. The lowest BCUT2D eigenvalue weighted by molar-refractivity contribution is -0.154. The van der Waals surface area contributed by atoms with Crippen LogP contribution in [0.2, 0.25) is 0 Å². The molecular formula is C23H41N3O7. The fourth-order valence-electron chi connectivity index (χ4n) is 1.77. The minimum absolute atomic E-state index is 0.0168. The molecule has 0 aliphatic heterocycles. The fraction of sp³-hybridized carbons (Fsp3) is 0.696. The molecule has 1 atom stereocenters. The molecule has 10 heteroatoms. The Labute approximate surface area is 197 Å². The summed E-state index contributed by atoms with van der Waals surface area (Å²) in [5.74, 6) is -1.44. The molecule has 0 aromatic carbocycles. The molecule has 0 rings (SSSR count). The molecule has 0 spiro atoms. The quantitative estimate of drug-likeness (QED) is 0.143. The summed E-state index contributed by atoms with van der Waals surface area (Å²) >= 11 is 0. The number of nitrogens with one attached hydrogen (secondary N) is 3. The van der Waals surface area contributed by atoms with E-state index in [9.17, 15) is 24.0 Å². The SMILES string of the molecule is C=C(C)C(=O)OCCNC(=O)CCC(=O)NCCOC(=O)C(C)(C)CC.CCC(C)NC=O. The minimum atomic E-state index is -0.541. The Morgan fingerprint density at radius 3 is 1.82 bits per heavy atom. The molecule has 33 heavy (non-hydrogen) atoms. The molecule has 0 fully saturated rings. The molecule has 3 N–H and O–H groups in total. The molecule has 0 aromatic rings. The van der Waals surface area contributed by atoms with Gasteiger partial charge in [0.2, 0.25) is 18.2 Å². The Bertz CT molecular complexity index is 648. The van der Waals surface area contributed by atoms with Gasteiger partial charge in [-0.25, -0.2) is 4.79 Å². The predicted octanol–water partition coefficient (Wildman–Crippen LogP) is 1.63. The summed E-state index contributed by atoms with van der Waals surface area (Å²) in [5.41, 5.74) is -0.252. The van der Waals surface area contributed by atoms with Crippen molar-refractivity contribution in [2.75, 3.05) is 26.3 Å². The molecule has 190 valence electrons. The maximum absolute atomic E-state index is 11.7. The summed E-state index contributed by atoms with van der Waals surface area (Å²) < 4.78 is 9.92. The zero-order valence-electron chi connectivity index (χ0n) is 20.9. The number of amides is 3. The molecule has 0 aliphatic rings. The highest BCUT2D eigenvalue weighted by molar-refractivity contribution is 5.87. The highest BCUT2D eigenvalue weighted by Gasteiger charge is 2.26. The zero-order valence-corrected chi connectivity index (χ0v) is 20.9. The van der Waals surface area contributed by atoms with E-state index in [4.69, 9.17) is 9.47 Å². The van der Waals surface area contributed by atoms with E-state index in [1.165, 1.54) is 6.92 Å². The van der Waals surface area contributed by atoms with Crippen molar-refractivity contribution >= 4 is 30.2 Å². The zero-order chi connectivity index (χ0) is 25.9. The van der Waals surface area contributed by atoms with Crippen LogP contribution in [0.15, 0.2) is 12.2 Å². The smallest absolute Gasteiger partial charge is 0.333 e. The number of rotatable bonds is 15. The van der Waals surface area contributed by atoms with Gasteiger partial charge >= 0.3 is 11.9 Å². The number of esters is 2. The van der Waals surface area contributed by atoms with Gasteiger partial charge in [0.25, 0.3) is 0 Å². The maximum Gasteiger partial charge on any atom is 0.333 e. The molecule has 0 aliphatic carbocycles. The largest absolute Gasteiger partial charge is 0.463 e. The summed E-state index contributed by atoms with van der Waals surface area (Å²) in [6.45, 7) is 15.0. The van der Waals surface area contributed by atoms with Gasteiger partial charge in [-0.15, -0.1) is 0 Å². The average Bonchev–Trinajstić information content (AvgIpc) is 2.78. The van der Waals surface area contributed by atoms with Crippen molar-refractivity contribution < 1.29 is 33.4 Å². The van der Waals surface area contributed by atoms with Gasteiger partial charge in [-0.1, -0.05) is 20.4 Å². The van der Waals surface area contributed by atoms with Crippen LogP contribution in [-0.2, 0) is 33.4 Å². The third-order valence-electron chi connectivity index (χ3n) is 4.64. The third-order valence-corrected chi connectivity index (χ3v) is 4.64. The lowest BCUT2D eigenvalue weighted by Crippen LogP contribution is -2.33. The number of carbonyl (C=O) groups excluding carboxylic acids is 5. The molecule has 0 saturated heterocycles. The van der Waals surface area contributed by atoms with Crippen LogP contribution in [0.3, 0.4) is 0 Å². The van der Waals surface area contributed by atoms with Crippen molar-refractivity contribution in [1.29, 1.82) is 0 Å². The summed E-state index contributed by atoms with van der Waals surface area (Å²) in [6, 6.07) is 0.331. The fourth-order valence-corrected chi connectivity index (χ4v) is 1.77. The Morgan fingerprint density at radius 1 is 0.970 bits per heavy atom. The van der Waals surface area contributed by atoms with Crippen molar-refractivity contribution in [3.05, 3.63) is 12.2 Å². The van der Waals surface area contributed by atoms with Crippen molar-refractivity contribution in [2.45, 2.75) is 73.3 Å². The van der Waals surface area contributed by atoms with Crippen molar-refractivity contribution in [3.63, 3.8) is 0 Å². The van der Waals surface area contributed by atoms with E-state index in [0.717, 1.165) is 12.8 Å². The van der Waals surface area contributed by atoms with Crippen LogP contribution in [0.4, 0.5) is 0 Å². The molecule has 0 radical (unpaired) electrons. The van der Waals surface area contributed by atoms with Crippen LogP contribution in [0.25, 0.3) is 0 Å². The van der Waals surface area contributed by atoms with Gasteiger partial charge in [-0.05, 0) is 40.5 Å². The van der Waals surface area contributed by atoms with E-state index in [0.29, 0.717) is 12.5 Å². The summed E-state index contributed by atoms with van der Waals surface area (Å²) in [4.78, 5) is 55.7. The van der Waals surface area contributed by atoms with Gasteiger partial charge in [0.1, 0.15) is 13.2 Å². The van der Waals surface area contributed by atoms with E-state index in [-0.39, 0.29) is 62.5 Å². The topological polar surface area (TPSA) is 140 Å². The van der Waals surface area contributed by atoms with Gasteiger partial charge in [0.05, 0.1) is 18.5 Å². The highest BCUT2D eigenvalue weighted by Crippen LogP contribution is 2.21. The average molecular weight is 472 g/mol. The van der Waals surface area contributed by atoms with Crippen LogP contribution in [0, 0.1) is 5.41 Å². The van der Waals surface area contributed by atoms with E-state index in [1.54, 1.807) is 13.8 Å². The van der Waals surface area contributed by atoms with Crippen LogP contribution in [0.1, 0.15) is 67.2 Å². The second kappa shape index (κ2) is 18.6. The molecule has 0 heterocycles. The number of carbonyl (C=O) groups is 5. The first kappa shape index (κ1) is 32.3. The maximum atomic E-state index is 11.7. The first-order chi connectivity index (χ1) is 15.4. The van der Waals surface area contributed by atoms with Gasteiger partial charge < -0.3 is 25.4 Å². The number of hydrogen-bond donors (Lipinski definition) is 3. The standard InChI is InChI=1S/C18H30N2O6.C5H11NO/c1-6-18(4,5)17(24)26-12-10-20-15(22)8-7-14(21)19-9-11-25-16(23)13(2)3;1-3-5(2)6-4-7/h2,6-12H2,1,3-5H3,(H,19,21)(H,20,22);4-5H,3H2,1-2H3,(H,6,7). The van der Waals surface area contributed by atoms with E-state index in [2.05, 4.69) is 22.5 Å². The van der Waals surface area contributed by atoms with E-state index < -0.39 is 11.4 Å². The van der Waals surface area contributed by atoms with E-state index >= 15 is 0 Å². The van der Waals surface area contributed by atoms with Crippen molar-refractivity contribution in [3.8, 4) is 0 Å². The number of hydrogen-bond acceptors (Lipinski definition) is 7. The Kier molecular flexibility index (Phi) is 18.2. The minimum Gasteiger partial charge on any atom is -0.463 e. The first-order valence-corrected chi connectivity index (χ1v) is 11.1. The molecule has 1 unspecified atom stereocenters. The van der Waals surface area contributed by atoms with Gasteiger partial charge in [-0.3, -0.25) is 19.2 Å². The van der Waals surface area contributed by atoms with Crippen LogP contribution < -0.4 is 16.0 Å². The first-order valence-electron chi connectivity index (χ1n) is 11.1. The predicted molar refractivity (Wildman–Crippen MR) is 125 cm³/mol. The third kappa shape index (κ3) is 18.4. The summed E-state index contributed by atoms with van der Waals surface area (Å²) in [6.07, 6.45) is 2.43. The molecule has 0 bridgehead atoms.